The van der Waals surface area contributed by atoms with E-state index in [9.17, 15) is 13.2 Å². The number of sulfonamides is 1. The van der Waals surface area contributed by atoms with Crippen LogP contribution in [0.2, 0.25) is 0 Å². The van der Waals surface area contributed by atoms with Gasteiger partial charge >= 0.3 is 0 Å². The van der Waals surface area contributed by atoms with Crippen LogP contribution in [0.4, 0.5) is 0 Å². The number of nitrogens with two attached hydrogens (primary N) is 2. The zero-order chi connectivity index (χ0) is 10.1. The van der Waals surface area contributed by atoms with E-state index in [4.69, 9.17) is 10.9 Å². The van der Waals surface area contributed by atoms with Gasteiger partial charge in [0.1, 0.15) is 5.01 Å². The number of carbonyl (C=O) groups is 1. The SMILES string of the molecule is NC(=O)Cc1nnc(S(N)(=O)=O)s1. The van der Waals surface area contributed by atoms with Crippen molar-refractivity contribution in [3.8, 4) is 0 Å². The van der Waals surface area contributed by atoms with Crippen molar-refractivity contribution < 1.29 is 13.2 Å². The highest BCUT2D eigenvalue weighted by Gasteiger charge is 2.15. The van der Waals surface area contributed by atoms with Crippen LogP contribution in [0.15, 0.2) is 4.34 Å². The standard InChI is InChI=1S/C4H6N4O3S2/c5-2(9)1-3-7-8-4(12-3)13(6,10)11/h1H2,(H2,5,9)(H2,6,10,11). The number of hydrogen-bond acceptors (Lipinski definition) is 6. The quantitative estimate of drug-likeness (QED) is 0.624. The van der Waals surface area contributed by atoms with Gasteiger partial charge in [0.15, 0.2) is 0 Å². The predicted octanol–water partition coefficient (Wildman–Crippen LogP) is -1.79. The number of nitrogens with zero attached hydrogens (tertiary/aromatic N) is 2. The summed E-state index contributed by atoms with van der Waals surface area (Å²) in [5.74, 6) is -0.600. The van der Waals surface area contributed by atoms with Gasteiger partial charge in [-0.1, -0.05) is 11.3 Å². The van der Waals surface area contributed by atoms with E-state index in [1.165, 1.54) is 0 Å². The van der Waals surface area contributed by atoms with Crippen molar-refractivity contribution in [3.05, 3.63) is 5.01 Å². The molecule has 72 valence electrons. The molecule has 0 saturated carbocycles. The molecular weight excluding hydrogens is 216 g/mol. The Labute approximate surface area is 77.8 Å². The summed E-state index contributed by atoms with van der Waals surface area (Å²) in [6, 6.07) is 0. The fraction of sp³-hybridized carbons (Fsp3) is 0.250. The third kappa shape index (κ3) is 2.72. The van der Waals surface area contributed by atoms with E-state index < -0.39 is 15.9 Å². The van der Waals surface area contributed by atoms with E-state index in [2.05, 4.69) is 10.2 Å². The molecule has 0 aliphatic carbocycles. The summed E-state index contributed by atoms with van der Waals surface area (Å²) in [5, 5.41) is 11.7. The van der Waals surface area contributed by atoms with E-state index in [0.29, 0.717) is 0 Å². The van der Waals surface area contributed by atoms with E-state index >= 15 is 0 Å². The second-order valence-electron chi connectivity index (χ2n) is 2.15. The van der Waals surface area contributed by atoms with Gasteiger partial charge < -0.3 is 5.73 Å². The monoisotopic (exact) mass is 222 g/mol. The molecule has 7 nitrogen and oxygen atoms in total. The van der Waals surface area contributed by atoms with Crippen LogP contribution in [-0.4, -0.2) is 24.5 Å². The van der Waals surface area contributed by atoms with Gasteiger partial charge in [0.05, 0.1) is 6.42 Å². The molecule has 0 atom stereocenters. The Morgan fingerprint density at radius 1 is 1.46 bits per heavy atom. The molecule has 1 rings (SSSR count). The molecule has 0 unspecified atom stereocenters. The van der Waals surface area contributed by atoms with Crippen molar-refractivity contribution in [1.82, 2.24) is 10.2 Å². The molecule has 13 heavy (non-hydrogen) atoms. The van der Waals surface area contributed by atoms with Gasteiger partial charge in [-0.2, -0.15) is 0 Å². The molecule has 0 bridgehead atoms. The maximum absolute atomic E-state index is 10.7. The molecule has 0 radical (unpaired) electrons. The highest BCUT2D eigenvalue weighted by molar-refractivity contribution is 7.91. The van der Waals surface area contributed by atoms with Gasteiger partial charge in [-0.3, -0.25) is 4.79 Å². The Bertz CT molecular complexity index is 422. The zero-order valence-electron chi connectivity index (χ0n) is 6.30. The summed E-state index contributed by atoms with van der Waals surface area (Å²) in [6.07, 6.45) is -0.132. The van der Waals surface area contributed by atoms with Crippen LogP contribution in [0.1, 0.15) is 5.01 Å². The lowest BCUT2D eigenvalue weighted by Gasteiger charge is -1.86. The molecule has 0 spiro atoms. The molecule has 1 aromatic heterocycles. The highest BCUT2D eigenvalue weighted by atomic mass is 32.2. The Hall–Kier alpha value is -1.06. The topological polar surface area (TPSA) is 129 Å². The van der Waals surface area contributed by atoms with Crippen molar-refractivity contribution in [3.63, 3.8) is 0 Å². The molecule has 0 aliphatic rings. The molecule has 1 heterocycles. The lowest BCUT2D eigenvalue weighted by atomic mass is 10.4. The summed E-state index contributed by atoms with van der Waals surface area (Å²) in [6.45, 7) is 0. The molecular formula is C4H6N4O3S2. The average Bonchev–Trinajstić information content (AvgIpc) is 2.32. The minimum absolute atomic E-state index is 0.132. The van der Waals surface area contributed by atoms with Crippen molar-refractivity contribution in [2.24, 2.45) is 10.9 Å². The van der Waals surface area contributed by atoms with Gasteiger partial charge in [0.2, 0.25) is 10.2 Å². The number of rotatable bonds is 3. The van der Waals surface area contributed by atoms with Crippen LogP contribution in [0.5, 0.6) is 0 Å². The third-order valence-electron chi connectivity index (χ3n) is 1.02. The maximum Gasteiger partial charge on any atom is 0.267 e. The van der Waals surface area contributed by atoms with Crippen molar-refractivity contribution >= 4 is 27.3 Å². The lowest BCUT2D eigenvalue weighted by molar-refractivity contribution is -0.117. The first-order valence-electron chi connectivity index (χ1n) is 3.03. The van der Waals surface area contributed by atoms with Crippen LogP contribution in [0, 0.1) is 0 Å². The molecule has 0 saturated heterocycles. The van der Waals surface area contributed by atoms with Gasteiger partial charge in [0.25, 0.3) is 10.0 Å². The summed E-state index contributed by atoms with van der Waals surface area (Å²) in [5.41, 5.74) is 4.86. The first kappa shape index (κ1) is 10.0. The smallest absolute Gasteiger partial charge is 0.267 e. The largest absolute Gasteiger partial charge is 0.369 e. The minimum Gasteiger partial charge on any atom is -0.369 e. The predicted molar refractivity (Wildman–Crippen MR) is 44.2 cm³/mol. The minimum atomic E-state index is -3.82. The van der Waals surface area contributed by atoms with E-state index in [1.807, 2.05) is 0 Å². The van der Waals surface area contributed by atoms with E-state index in [0.717, 1.165) is 11.3 Å². The van der Waals surface area contributed by atoms with Crippen LogP contribution in [0.3, 0.4) is 0 Å². The number of hydrogen-bond donors (Lipinski definition) is 2. The van der Waals surface area contributed by atoms with Crippen LogP contribution < -0.4 is 10.9 Å². The highest BCUT2D eigenvalue weighted by Crippen LogP contribution is 2.13. The third-order valence-corrected chi connectivity index (χ3v) is 3.25. The van der Waals surface area contributed by atoms with Gasteiger partial charge in [0, 0.05) is 0 Å². The number of aromatic nitrogens is 2. The number of primary amides is 1. The first-order chi connectivity index (χ1) is 5.89. The van der Waals surface area contributed by atoms with Crippen LogP contribution in [0.25, 0.3) is 0 Å². The second-order valence-corrected chi connectivity index (χ2v) is 4.95. The van der Waals surface area contributed by atoms with E-state index in [1.54, 1.807) is 0 Å². The summed E-state index contributed by atoms with van der Waals surface area (Å²) in [4.78, 5) is 10.4. The molecule has 1 aromatic rings. The summed E-state index contributed by atoms with van der Waals surface area (Å²) in [7, 11) is -3.82. The van der Waals surface area contributed by atoms with E-state index in [-0.39, 0.29) is 15.8 Å². The summed E-state index contributed by atoms with van der Waals surface area (Å²) >= 11 is 0.732. The normalized spacial score (nSPS) is 11.5. The van der Waals surface area contributed by atoms with Crippen molar-refractivity contribution in [1.29, 1.82) is 0 Å². The number of carbonyl (C=O) groups excluding carboxylic acids is 1. The fourth-order valence-corrected chi connectivity index (χ4v) is 2.06. The molecule has 0 aromatic carbocycles. The molecule has 9 heteroatoms. The van der Waals surface area contributed by atoms with Crippen molar-refractivity contribution in [2.45, 2.75) is 10.8 Å². The Morgan fingerprint density at radius 3 is 2.46 bits per heavy atom. The fourth-order valence-electron chi connectivity index (χ4n) is 0.574. The second kappa shape index (κ2) is 3.36. The first-order valence-corrected chi connectivity index (χ1v) is 5.39. The van der Waals surface area contributed by atoms with Gasteiger partial charge in [-0.15, -0.1) is 10.2 Å². The van der Waals surface area contributed by atoms with Crippen molar-refractivity contribution in [2.75, 3.05) is 0 Å². The van der Waals surface area contributed by atoms with Gasteiger partial charge in [-0.25, -0.2) is 13.6 Å². The zero-order valence-corrected chi connectivity index (χ0v) is 7.93. The van der Waals surface area contributed by atoms with Crippen LogP contribution in [-0.2, 0) is 21.2 Å². The number of amides is 1. The molecule has 0 fully saturated rings. The number of primary sulfonamides is 1. The maximum atomic E-state index is 10.7. The molecule has 4 N–H and O–H groups in total. The lowest BCUT2D eigenvalue weighted by Crippen LogP contribution is -2.13. The van der Waals surface area contributed by atoms with Crippen LogP contribution >= 0.6 is 11.3 Å². The molecule has 1 amide bonds. The van der Waals surface area contributed by atoms with Gasteiger partial charge in [-0.05, 0) is 0 Å². The summed E-state index contributed by atoms with van der Waals surface area (Å²) < 4.78 is 21.1. The Kier molecular flexibility index (Phi) is 2.59. The average molecular weight is 222 g/mol. The Balaban J connectivity index is 2.94. The Morgan fingerprint density at radius 2 is 2.08 bits per heavy atom. The molecule has 0 aliphatic heterocycles.